The molecule has 5 nitrogen and oxygen atoms in total. The van der Waals surface area contributed by atoms with E-state index in [4.69, 9.17) is 10.5 Å². The van der Waals surface area contributed by atoms with E-state index in [0.717, 1.165) is 0 Å². The van der Waals surface area contributed by atoms with Crippen LogP contribution in [0.1, 0.15) is 5.56 Å². The molecule has 0 saturated heterocycles. The summed E-state index contributed by atoms with van der Waals surface area (Å²) in [5.41, 5.74) is 0.482. The molecular formula is C6H6N4O. The smallest absolute Gasteiger partial charge is 0.189 e. The number of nitriles is 1. The van der Waals surface area contributed by atoms with Crippen LogP contribution in [0.15, 0.2) is 17.5 Å². The minimum atomic E-state index is -0.0295. The SMILES string of the molecule is Cn1cc(/C(C#N)=N\O)cn1. The van der Waals surface area contributed by atoms with Gasteiger partial charge in [-0.05, 0) is 0 Å². The maximum atomic E-state index is 8.41. The molecule has 0 aliphatic rings. The number of nitrogens with zero attached hydrogens (tertiary/aromatic N) is 4. The predicted molar refractivity (Wildman–Crippen MR) is 37.1 cm³/mol. The van der Waals surface area contributed by atoms with Gasteiger partial charge in [-0.2, -0.15) is 10.4 Å². The van der Waals surface area contributed by atoms with E-state index in [1.54, 1.807) is 19.3 Å². The molecule has 0 radical (unpaired) electrons. The molecule has 0 bridgehead atoms. The standard InChI is InChI=1S/C6H6N4O/c1-10-4-5(3-8-10)6(2-7)9-11/h3-4,11H,1H3/b9-6-. The molecule has 0 spiro atoms. The second-order valence-corrected chi connectivity index (χ2v) is 1.96. The third-order valence-electron chi connectivity index (χ3n) is 1.18. The van der Waals surface area contributed by atoms with Gasteiger partial charge >= 0.3 is 0 Å². The Kier molecular flexibility index (Phi) is 1.88. The summed E-state index contributed by atoms with van der Waals surface area (Å²) in [5, 5.41) is 23.3. The van der Waals surface area contributed by atoms with Gasteiger partial charge in [-0.1, -0.05) is 5.16 Å². The summed E-state index contributed by atoms with van der Waals surface area (Å²) in [6.07, 6.45) is 3.05. The summed E-state index contributed by atoms with van der Waals surface area (Å²) in [6, 6.07) is 1.73. The Morgan fingerprint density at radius 1 is 1.91 bits per heavy atom. The molecule has 0 atom stereocenters. The van der Waals surface area contributed by atoms with Crippen LogP contribution in [-0.2, 0) is 7.05 Å². The molecule has 56 valence electrons. The van der Waals surface area contributed by atoms with Crippen molar-refractivity contribution in [1.29, 1.82) is 5.26 Å². The molecule has 1 aromatic rings. The van der Waals surface area contributed by atoms with Crippen molar-refractivity contribution in [2.45, 2.75) is 0 Å². The van der Waals surface area contributed by atoms with Crippen LogP contribution < -0.4 is 0 Å². The summed E-state index contributed by atoms with van der Waals surface area (Å²) >= 11 is 0. The molecule has 0 fully saturated rings. The zero-order valence-corrected chi connectivity index (χ0v) is 5.89. The third kappa shape index (κ3) is 1.35. The second kappa shape index (κ2) is 2.84. The molecule has 0 amide bonds. The Morgan fingerprint density at radius 3 is 3.00 bits per heavy atom. The van der Waals surface area contributed by atoms with Crippen LogP contribution in [-0.4, -0.2) is 20.7 Å². The Morgan fingerprint density at radius 2 is 2.64 bits per heavy atom. The average molecular weight is 150 g/mol. The van der Waals surface area contributed by atoms with Crippen LogP contribution in [0.4, 0.5) is 0 Å². The molecule has 0 aliphatic carbocycles. The Hall–Kier alpha value is -1.83. The van der Waals surface area contributed by atoms with Gasteiger partial charge in [-0.15, -0.1) is 0 Å². The Balaban J connectivity index is 3.03. The first kappa shape index (κ1) is 7.28. The molecule has 5 heteroatoms. The number of hydrogen-bond donors (Lipinski definition) is 1. The van der Waals surface area contributed by atoms with Gasteiger partial charge in [0.15, 0.2) is 5.71 Å². The van der Waals surface area contributed by atoms with Gasteiger partial charge in [0.05, 0.1) is 11.8 Å². The fourth-order valence-corrected chi connectivity index (χ4v) is 0.688. The fraction of sp³-hybridized carbons (Fsp3) is 0.167. The number of hydrogen-bond acceptors (Lipinski definition) is 4. The van der Waals surface area contributed by atoms with E-state index in [1.807, 2.05) is 0 Å². The number of aromatic nitrogens is 2. The topological polar surface area (TPSA) is 74.2 Å². The van der Waals surface area contributed by atoms with E-state index in [-0.39, 0.29) is 5.71 Å². The summed E-state index contributed by atoms with van der Waals surface area (Å²) in [4.78, 5) is 0. The molecule has 0 unspecified atom stereocenters. The molecule has 1 N–H and O–H groups in total. The lowest BCUT2D eigenvalue weighted by atomic mass is 10.2. The average Bonchev–Trinajstić information content (AvgIpc) is 2.39. The van der Waals surface area contributed by atoms with Gasteiger partial charge in [0.2, 0.25) is 0 Å². The van der Waals surface area contributed by atoms with Crippen molar-refractivity contribution in [3.05, 3.63) is 18.0 Å². The Labute approximate surface area is 63.2 Å². The highest BCUT2D eigenvalue weighted by molar-refractivity contribution is 6.10. The van der Waals surface area contributed by atoms with Crippen molar-refractivity contribution in [2.24, 2.45) is 12.2 Å². The van der Waals surface area contributed by atoms with E-state index in [2.05, 4.69) is 10.3 Å². The highest BCUT2D eigenvalue weighted by atomic mass is 16.4. The monoisotopic (exact) mass is 150 g/mol. The molecule has 1 rings (SSSR count). The lowest BCUT2D eigenvalue weighted by Gasteiger charge is -1.85. The highest BCUT2D eigenvalue weighted by Crippen LogP contribution is 1.97. The van der Waals surface area contributed by atoms with Gasteiger partial charge in [0, 0.05) is 13.2 Å². The van der Waals surface area contributed by atoms with Gasteiger partial charge in [-0.25, -0.2) is 0 Å². The van der Waals surface area contributed by atoms with Crippen molar-refractivity contribution in [1.82, 2.24) is 9.78 Å². The van der Waals surface area contributed by atoms with Crippen molar-refractivity contribution in [3.63, 3.8) is 0 Å². The summed E-state index contributed by atoms with van der Waals surface area (Å²) < 4.78 is 1.53. The minimum Gasteiger partial charge on any atom is -0.410 e. The van der Waals surface area contributed by atoms with Crippen molar-refractivity contribution in [2.75, 3.05) is 0 Å². The molecule has 1 heterocycles. The maximum Gasteiger partial charge on any atom is 0.189 e. The second-order valence-electron chi connectivity index (χ2n) is 1.96. The largest absolute Gasteiger partial charge is 0.410 e. The predicted octanol–water partition coefficient (Wildman–Crippen LogP) is 0.122. The van der Waals surface area contributed by atoms with E-state index in [1.165, 1.54) is 10.9 Å². The zero-order chi connectivity index (χ0) is 8.27. The van der Waals surface area contributed by atoms with Crippen molar-refractivity contribution in [3.8, 4) is 6.07 Å². The molecular weight excluding hydrogens is 144 g/mol. The van der Waals surface area contributed by atoms with E-state index in [0.29, 0.717) is 5.56 Å². The highest BCUT2D eigenvalue weighted by Gasteiger charge is 2.03. The molecule has 1 aromatic heterocycles. The lowest BCUT2D eigenvalue weighted by Crippen LogP contribution is -1.94. The fourth-order valence-electron chi connectivity index (χ4n) is 0.688. The lowest BCUT2D eigenvalue weighted by molar-refractivity contribution is 0.320. The van der Waals surface area contributed by atoms with Crippen molar-refractivity contribution >= 4 is 5.71 Å². The molecule has 0 aliphatic heterocycles. The number of oxime groups is 1. The molecule has 0 saturated carbocycles. The van der Waals surface area contributed by atoms with Gasteiger partial charge in [0.25, 0.3) is 0 Å². The van der Waals surface area contributed by atoms with E-state index >= 15 is 0 Å². The number of rotatable bonds is 1. The van der Waals surface area contributed by atoms with Gasteiger partial charge < -0.3 is 5.21 Å². The first-order chi connectivity index (χ1) is 5.27. The van der Waals surface area contributed by atoms with Crippen LogP contribution in [0.2, 0.25) is 0 Å². The molecule has 11 heavy (non-hydrogen) atoms. The maximum absolute atomic E-state index is 8.41. The minimum absolute atomic E-state index is 0.0295. The molecule has 0 aromatic carbocycles. The van der Waals surface area contributed by atoms with Crippen LogP contribution in [0.25, 0.3) is 0 Å². The van der Waals surface area contributed by atoms with Crippen LogP contribution in [0.3, 0.4) is 0 Å². The first-order valence-corrected chi connectivity index (χ1v) is 2.89. The van der Waals surface area contributed by atoms with Gasteiger partial charge in [0.1, 0.15) is 6.07 Å². The van der Waals surface area contributed by atoms with Crippen LogP contribution in [0.5, 0.6) is 0 Å². The van der Waals surface area contributed by atoms with Crippen LogP contribution in [0, 0.1) is 11.3 Å². The summed E-state index contributed by atoms with van der Waals surface area (Å²) in [6.45, 7) is 0. The zero-order valence-electron chi connectivity index (χ0n) is 5.89. The van der Waals surface area contributed by atoms with Crippen LogP contribution >= 0.6 is 0 Å². The summed E-state index contributed by atoms with van der Waals surface area (Å²) in [7, 11) is 1.72. The van der Waals surface area contributed by atoms with E-state index in [9.17, 15) is 0 Å². The van der Waals surface area contributed by atoms with Gasteiger partial charge in [-0.3, -0.25) is 4.68 Å². The first-order valence-electron chi connectivity index (χ1n) is 2.89. The quantitative estimate of drug-likeness (QED) is 0.351. The van der Waals surface area contributed by atoms with Crippen molar-refractivity contribution < 1.29 is 5.21 Å². The number of aryl methyl sites for hydroxylation is 1. The third-order valence-corrected chi connectivity index (χ3v) is 1.18. The Bertz CT molecular complexity index is 320. The van der Waals surface area contributed by atoms with E-state index < -0.39 is 0 Å². The summed E-state index contributed by atoms with van der Waals surface area (Å²) in [5.74, 6) is 0. The normalized spacial score (nSPS) is 11.1.